The molecule has 0 N–H and O–H groups in total. The molecule has 1 aliphatic heterocycles. The Morgan fingerprint density at radius 2 is 1.82 bits per heavy atom. The maximum atomic E-state index is 11.2. The molecule has 1 fully saturated rings. The van der Waals surface area contributed by atoms with E-state index in [1.807, 2.05) is 25.1 Å². The summed E-state index contributed by atoms with van der Waals surface area (Å²) in [5, 5.41) is 0.631. The van der Waals surface area contributed by atoms with Gasteiger partial charge in [0.15, 0.2) is 0 Å². The van der Waals surface area contributed by atoms with Crippen molar-refractivity contribution in [3.8, 4) is 0 Å². The Morgan fingerprint density at radius 1 is 1.24 bits per heavy atom. The van der Waals surface area contributed by atoms with Gasteiger partial charge in [-0.25, -0.2) is 0 Å². The fraction of sp³-hybridized carbons (Fsp3) is 0.333. The first kappa shape index (κ1) is 12.1. The van der Waals surface area contributed by atoms with Crippen LogP contribution in [-0.4, -0.2) is 29.9 Å². The molecule has 1 heterocycles. The monoisotopic (exact) mass is 253 g/mol. The normalized spacial score (nSPS) is 18.9. The Labute approximate surface area is 104 Å². The van der Waals surface area contributed by atoms with Gasteiger partial charge in [-0.1, -0.05) is 29.8 Å². The second-order valence-electron chi connectivity index (χ2n) is 3.95. The summed E-state index contributed by atoms with van der Waals surface area (Å²) in [5.74, 6) is -1.03. The largest absolute Gasteiger partial charge is 0.391 e. The standard InChI is InChI=1S/C12H12ClNO3/c1-8(9-4-2-3-5-10(9)13)14-6-11(15)17-12(16)7-14/h2-5,8H,6-7H2,1H3. The van der Waals surface area contributed by atoms with Crippen LogP contribution in [0.1, 0.15) is 18.5 Å². The van der Waals surface area contributed by atoms with Crippen LogP contribution in [0.15, 0.2) is 24.3 Å². The average molecular weight is 254 g/mol. The molecular formula is C12H12ClNO3. The third-order valence-corrected chi connectivity index (χ3v) is 3.14. The number of carbonyl (C=O) groups excluding carboxylic acids is 2. The number of carbonyl (C=O) groups is 2. The zero-order valence-corrected chi connectivity index (χ0v) is 10.1. The molecule has 0 amide bonds. The van der Waals surface area contributed by atoms with Crippen LogP contribution in [-0.2, 0) is 14.3 Å². The van der Waals surface area contributed by atoms with E-state index in [4.69, 9.17) is 11.6 Å². The first-order valence-electron chi connectivity index (χ1n) is 5.30. The Balaban J connectivity index is 2.20. The molecule has 0 spiro atoms. The van der Waals surface area contributed by atoms with Crippen molar-refractivity contribution in [3.05, 3.63) is 34.9 Å². The molecule has 0 saturated carbocycles. The second-order valence-corrected chi connectivity index (χ2v) is 4.36. The molecule has 1 aliphatic rings. The zero-order chi connectivity index (χ0) is 12.4. The molecule has 1 unspecified atom stereocenters. The van der Waals surface area contributed by atoms with E-state index in [-0.39, 0.29) is 19.1 Å². The third-order valence-electron chi connectivity index (χ3n) is 2.80. The molecule has 0 aromatic heterocycles. The Morgan fingerprint density at radius 3 is 2.41 bits per heavy atom. The van der Waals surface area contributed by atoms with Crippen LogP contribution in [0.25, 0.3) is 0 Å². The maximum Gasteiger partial charge on any atom is 0.327 e. The number of morpholine rings is 1. The minimum absolute atomic E-state index is 0.0968. The number of benzene rings is 1. The van der Waals surface area contributed by atoms with Crippen LogP contribution in [0.4, 0.5) is 0 Å². The molecule has 2 rings (SSSR count). The van der Waals surface area contributed by atoms with E-state index in [1.54, 1.807) is 11.0 Å². The van der Waals surface area contributed by atoms with Crippen molar-refractivity contribution in [2.45, 2.75) is 13.0 Å². The molecule has 5 heteroatoms. The Kier molecular flexibility index (Phi) is 3.45. The molecule has 17 heavy (non-hydrogen) atoms. The summed E-state index contributed by atoms with van der Waals surface area (Å²) in [6, 6.07) is 7.30. The average Bonchev–Trinajstić information content (AvgIpc) is 2.27. The van der Waals surface area contributed by atoms with Gasteiger partial charge in [0.05, 0.1) is 13.1 Å². The predicted molar refractivity (Wildman–Crippen MR) is 62.5 cm³/mol. The topological polar surface area (TPSA) is 46.6 Å². The van der Waals surface area contributed by atoms with Gasteiger partial charge in [-0.2, -0.15) is 0 Å². The lowest BCUT2D eigenvalue weighted by Gasteiger charge is -2.30. The molecule has 1 aromatic carbocycles. The number of halogens is 1. The van der Waals surface area contributed by atoms with Crippen LogP contribution >= 0.6 is 11.6 Å². The van der Waals surface area contributed by atoms with Crippen molar-refractivity contribution in [1.29, 1.82) is 0 Å². The SMILES string of the molecule is CC(c1ccccc1Cl)N1CC(=O)OC(=O)C1. The number of hydrogen-bond donors (Lipinski definition) is 0. The Bertz CT molecular complexity index is 445. The lowest BCUT2D eigenvalue weighted by Crippen LogP contribution is -2.44. The quantitative estimate of drug-likeness (QED) is 0.596. The van der Waals surface area contributed by atoms with Crippen molar-refractivity contribution in [3.63, 3.8) is 0 Å². The maximum absolute atomic E-state index is 11.2. The summed E-state index contributed by atoms with van der Waals surface area (Å²) in [4.78, 5) is 24.1. The summed E-state index contributed by atoms with van der Waals surface area (Å²) in [6.07, 6.45) is 0. The zero-order valence-electron chi connectivity index (χ0n) is 9.35. The predicted octanol–water partition coefficient (Wildman–Crippen LogP) is 1.79. The first-order valence-corrected chi connectivity index (χ1v) is 5.67. The van der Waals surface area contributed by atoms with Gasteiger partial charge in [0.25, 0.3) is 0 Å². The summed E-state index contributed by atoms with van der Waals surface area (Å²) in [6.45, 7) is 2.13. The molecule has 4 nitrogen and oxygen atoms in total. The van der Waals surface area contributed by atoms with Crippen LogP contribution in [0.3, 0.4) is 0 Å². The molecule has 0 radical (unpaired) electrons. The van der Waals surface area contributed by atoms with E-state index in [0.29, 0.717) is 5.02 Å². The van der Waals surface area contributed by atoms with E-state index >= 15 is 0 Å². The second kappa shape index (κ2) is 4.85. The van der Waals surface area contributed by atoms with Crippen LogP contribution in [0, 0.1) is 0 Å². The van der Waals surface area contributed by atoms with E-state index in [1.165, 1.54) is 0 Å². The van der Waals surface area contributed by atoms with Gasteiger partial charge in [-0.15, -0.1) is 0 Å². The van der Waals surface area contributed by atoms with Gasteiger partial charge in [-0.3, -0.25) is 14.5 Å². The highest BCUT2D eigenvalue weighted by molar-refractivity contribution is 6.31. The lowest BCUT2D eigenvalue weighted by molar-refractivity contribution is -0.167. The minimum Gasteiger partial charge on any atom is -0.391 e. The summed E-state index contributed by atoms with van der Waals surface area (Å²) in [5.41, 5.74) is 0.900. The summed E-state index contributed by atoms with van der Waals surface area (Å²) < 4.78 is 4.48. The molecule has 1 aromatic rings. The summed E-state index contributed by atoms with van der Waals surface area (Å²) >= 11 is 6.08. The summed E-state index contributed by atoms with van der Waals surface area (Å²) in [7, 11) is 0. The van der Waals surface area contributed by atoms with Gasteiger partial charge in [0.1, 0.15) is 0 Å². The molecule has 1 atom stereocenters. The fourth-order valence-corrected chi connectivity index (χ4v) is 2.16. The van der Waals surface area contributed by atoms with E-state index in [2.05, 4.69) is 4.74 Å². The van der Waals surface area contributed by atoms with E-state index < -0.39 is 11.9 Å². The van der Waals surface area contributed by atoms with Gasteiger partial charge in [-0.05, 0) is 18.6 Å². The minimum atomic E-state index is -0.514. The lowest BCUT2D eigenvalue weighted by atomic mass is 10.1. The smallest absolute Gasteiger partial charge is 0.327 e. The molecular weight excluding hydrogens is 242 g/mol. The highest BCUT2D eigenvalue weighted by Gasteiger charge is 2.29. The number of rotatable bonds is 2. The van der Waals surface area contributed by atoms with E-state index in [9.17, 15) is 9.59 Å². The fourth-order valence-electron chi connectivity index (χ4n) is 1.86. The van der Waals surface area contributed by atoms with Crippen LogP contribution < -0.4 is 0 Å². The van der Waals surface area contributed by atoms with Crippen molar-refractivity contribution in [2.75, 3.05) is 13.1 Å². The number of esters is 2. The van der Waals surface area contributed by atoms with Crippen molar-refractivity contribution in [1.82, 2.24) is 4.90 Å². The molecule has 0 aliphatic carbocycles. The highest BCUT2D eigenvalue weighted by atomic mass is 35.5. The molecule has 90 valence electrons. The van der Waals surface area contributed by atoms with E-state index in [0.717, 1.165) is 5.56 Å². The van der Waals surface area contributed by atoms with Crippen molar-refractivity contribution in [2.24, 2.45) is 0 Å². The number of nitrogens with zero attached hydrogens (tertiary/aromatic N) is 1. The molecule has 1 saturated heterocycles. The first-order chi connectivity index (χ1) is 8.08. The third kappa shape index (κ3) is 2.65. The van der Waals surface area contributed by atoms with Crippen LogP contribution in [0.5, 0.6) is 0 Å². The van der Waals surface area contributed by atoms with Crippen LogP contribution in [0.2, 0.25) is 5.02 Å². The Hall–Kier alpha value is -1.39. The van der Waals surface area contributed by atoms with Crippen molar-refractivity contribution < 1.29 is 14.3 Å². The van der Waals surface area contributed by atoms with Gasteiger partial charge in [0, 0.05) is 11.1 Å². The van der Waals surface area contributed by atoms with Crippen molar-refractivity contribution >= 4 is 23.5 Å². The highest BCUT2D eigenvalue weighted by Crippen LogP contribution is 2.27. The van der Waals surface area contributed by atoms with Gasteiger partial charge >= 0.3 is 11.9 Å². The molecule has 0 bridgehead atoms. The number of ether oxygens (including phenoxy) is 1. The number of cyclic esters (lactones) is 2. The number of hydrogen-bond acceptors (Lipinski definition) is 4. The van der Waals surface area contributed by atoms with Gasteiger partial charge in [0.2, 0.25) is 0 Å². The van der Waals surface area contributed by atoms with Gasteiger partial charge < -0.3 is 4.74 Å².